The van der Waals surface area contributed by atoms with Gasteiger partial charge in [-0.2, -0.15) is 0 Å². The molecule has 0 saturated heterocycles. The maximum absolute atomic E-state index is 13.4. The largest absolute Gasteiger partial charge is 0.318 e. The van der Waals surface area contributed by atoms with Crippen LogP contribution in [0.25, 0.3) is 5.57 Å². The van der Waals surface area contributed by atoms with Crippen molar-refractivity contribution < 1.29 is 4.39 Å². The third-order valence-electron chi connectivity index (χ3n) is 4.49. The minimum atomic E-state index is -0.250. The molecule has 1 heterocycles. The molecule has 2 aromatic carbocycles. The molecule has 132 valence electrons. The molecule has 2 nitrogen and oxygen atoms in total. The molecule has 3 rings (SSSR count). The molecule has 0 aliphatic carbocycles. The van der Waals surface area contributed by atoms with E-state index in [1.807, 2.05) is 24.3 Å². The summed E-state index contributed by atoms with van der Waals surface area (Å²) < 4.78 is 15.9. The summed E-state index contributed by atoms with van der Waals surface area (Å²) in [5.74, 6) is -0.200. The third-order valence-corrected chi connectivity index (χ3v) is 5.02. The molecule has 1 aromatic heterocycles. The molecule has 0 radical (unpaired) electrons. The lowest BCUT2D eigenvalue weighted by Gasteiger charge is -2.20. The molecular formula is C22H19BrFNO. The van der Waals surface area contributed by atoms with Gasteiger partial charge in [0, 0.05) is 29.7 Å². The molecular weight excluding hydrogens is 393 g/mol. The van der Waals surface area contributed by atoms with Crippen LogP contribution in [0.5, 0.6) is 0 Å². The molecule has 1 atom stereocenters. The van der Waals surface area contributed by atoms with Gasteiger partial charge in [0.2, 0.25) is 5.56 Å². The van der Waals surface area contributed by atoms with Crippen LogP contribution in [0.3, 0.4) is 0 Å². The van der Waals surface area contributed by atoms with E-state index in [2.05, 4.69) is 34.6 Å². The fourth-order valence-corrected chi connectivity index (χ4v) is 3.25. The van der Waals surface area contributed by atoms with Gasteiger partial charge in [-0.25, -0.2) is 4.39 Å². The number of aryl methyl sites for hydroxylation is 1. The SMILES string of the molecule is C=C(CC(c1ccc(F)cc1)c1ccc(Br)cc1)c1ccc(=O)n(C)c1. The summed E-state index contributed by atoms with van der Waals surface area (Å²) in [6.07, 6.45) is 2.47. The first kappa shape index (κ1) is 18.3. The molecule has 0 aliphatic heterocycles. The monoisotopic (exact) mass is 411 g/mol. The highest BCUT2D eigenvalue weighted by atomic mass is 79.9. The topological polar surface area (TPSA) is 22.0 Å². The average Bonchev–Trinajstić information content (AvgIpc) is 2.63. The summed E-state index contributed by atoms with van der Waals surface area (Å²) in [4.78, 5) is 11.6. The van der Waals surface area contributed by atoms with Crippen LogP contribution in [0.2, 0.25) is 0 Å². The van der Waals surface area contributed by atoms with Crippen LogP contribution in [0.1, 0.15) is 29.0 Å². The lowest BCUT2D eigenvalue weighted by molar-refractivity contribution is 0.626. The lowest BCUT2D eigenvalue weighted by atomic mass is 9.85. The van der Waals surface area contributed by atoms with Gasteiger partial charge in [-0.15, -0.1) is 0 Å². The Morgan fingerprint density at radius 3 is 2.19 bits per heavy atom. The predicted octanol–water partition coefficient (Wildman–Crippen LogP) is 5.52. The predicted molar refractivity (Wildman–Crippen MR) is 108 cm³/mol. The molecule has 0 spiro atoms. The Bertz CT molecular complexity index is 929. The molecule has 0 bridgehead atoms. The van der Waals surface area contributed by atoms with E-state index in [0.29, 0.717) is 6.42 Å². The van der Waals surface area contributed by atoms with Crippen LogP contribution in [0.15, 0.2) is 82.7 Å². The van der Waals surface area contributed by atoms with E-state index in [1.54, 1.807) is 29.9 Å². The lowest BCUT2D eigenvalue weighted by Crippen LogP contribution is -2.15. The van der Waals surface area contributed by atoms with Crippen molar-refractivity contribution in [2.75, 3.05) is 0 Å². The molecule has 0 fully saturated rings. The Morgan fingerprint density at radius 2 is 1.62 bits per heavy atom. The Labute approximate surface area is 160 Å². The second-order valence-corrected chi connectivity index (χ2v) is 7.25. The fraction of sp³-hybridized carbons (Fsp3) is 0.136. The number of hydrogen-bond donors (Lipinski definition) is 0. The van der Waals surface area contributed by atoms with E-state index in [4.69, 9.17) is 0 Å². The van der Waals surface area contributed by atoms with E-state index in [1.165, 1.54) is 12.1 Å². The maximum atomic E-state index is 13.4. The maximum Gasteiger partial charge on any atom is 0.250 e. The Hall–Kier alpha value is -2.46. The van der Waals surface area contributed by atoms with E-state index in [-0.39, 0.29) is 17.3 Å². The zero-order valence-electron chi connectivity index (χ0n) is 14.5. The van der Waals surface area contributed by atoms with E-state index in [0.717, 1.165) is 26.7 Å². The Morgan fingerprint density at radius 1 is 1.04 bits per heavy atom. The van der Waals surface area contributed by atoms with Crippen LogP contribution in [-0.2, 0) is 7.05 Å². The molecule has 4 heteroatoms. The molecule has 0 N–H and O–H groups in total. The average molecular weight is 412 g/mol. The van der Waals surface area contributed by atoms with Crippen LogP contribution in [-0.4, -0.2) is 4.57 Å². The van der Waals surface area contributed by atoms with E-state index >= 15 is 0 Å². The zero-order chi connectivity index (χ0) is 18.7. The van der Waals surface area contributed by atoms with Gasteiger partial charge in [-0.05, 0) is 59.0 Å². The van der Waals surface area contributed by atoms with Gasteiger partial charge < -0.3 is 4.57 Å². The third kappa shape index (κ3) is 4.20. The highest BCUT2D eigenvalue weighted by Gasteiger charge is 2.17. The number of halogens is 2. The normalized spacial score (nSPS) is 12.0. The molecule has 0 aliphatic rings. The van der Waals surface area contributed by atoms with Crippen LogP contribution in [0.4, 0.5) is 4.39 Å². The molecule has 1 unspecified atom stereocenters. The van der Waals surface area contributed by atoms with Crippen LogP contribution in [0, 0.1) is 5.82 Å². The summed E-state index contributed by atoms with van der Waals surface area (Å²) in [5.41, 5.74) is 3.96. The summed E-state index contributed by atoms with van der Waals surface area (Å²) in [6.45, 7) is 4.22. The molecule has 3 aromatic rings. The van der Waals surface area contributed by atoms with E-state index < -0.39 is 0 Å². The number of rotatable bonds is 5. The fourth-order valence-electron chi connectivity index (χ4n) is 2.99. The van der Waals surface area contributed by atoms with Gasteiger partial charge in [0.1, 0.15) is 5.82 Å². The second kappa shape index (κ2) is 7.83. The quantitative estimate of drug-likeness (QED) is 0.541. The van der Waals surface area contributed by atoms with Crippen molar-refractivity contribution in [3.63, 3.8) is 0 Å². The highest BCUT2D eigenvalue weighted by molar-refractivity contribution is 9.10. The molecule has 0 amide bonds. The standard InChI is InChI=1S/C22H19BrFNO/c1-15(18-7-12-22(26)25(2)14-18)13-21(16-3-8-19(23)9-4-16)17-5-10-20(24)11-6-17/h3-12,14,21H,1,13H2,2H3. The first-order valence-electron chi connectivity index (χ1n) is 8.30. The summed E-state index contributed by atoms with van der Waals surface area (Å²) in [5, 5.41) is 0. The number of allylic oxidation sites excluding steroid dienone is 1. The van der Waals surface area contributed by atoms with Crippen molar-refractivity contribution in [3.05, 3.63) is 111 Å². The van der Waals surface area contributed by atoms with Gasteiger partial charge in [0.05, 0.1) is 0 Å². The van der Waals surface area contributed by atoms with Crippen molar-refractivity contribution in [1.82, 2.24) is 4.57 Å². The van der Waals surface area contributed by atoms with Gasteiger partial charge in [-0.1, -0.05) is 46.8 Å². The number of hydrogen-bond acceptors (Lipinski definition) is 1. The molecule has 0 saturated carbocycles. The first-order chi connectivity index (χ1) is 12.4. The minimum Gasteiger partial charge on any atom is -0.318 e. The van der Waals surface area contributed by atoms with Crippen molar-refractivity contribution in [1.29, 1.82) is 0 Å². The molecule has 26 heavy (non-hydrogen) atoms. The van der Waals surface area contributed by atoms with Crippen molar-refractivity contribution in [2.24, 2.45) is 7.05 Å². The van der Waals surface area contributed by atoms with E-state index in [9.17, 15) is 9.18 Å². The highest BCUT2D eigenvalue weighted by Crippen LogP contribution is 2.34. The van der Waals surface area contributed by atoms with Gasteiger partial charge in [-0.3, -0.25) is 4.79 Å². The summed E-state index contributed by atoms with van der Waals surface area (Å²) in [7, 11) is 1.73. The number of benzene rings is 2. The smallest absolute Gasteiger partial charge is 0.250 e. The van der Waals surface area contributed by atoms with Crippen molar-refractivity contribution in [2.45, 2.75) is 12.3 Å². The Balaban J connectivity index is 1.96. The summed E-state index contributed by atoms with van der Waals surface area (Å²) in [6, 6.07) is 18.1. The zero-order valence-corrected chi connectivity index (χ0v) is 16.0. The number of aromatic nitrogens is 1. The van der Waals surface area contributed by atoms with Gasteiger partial charge in [0.25, 0.3) is 0 Å². The minimum absolute atomic E-state index is 0.0495. The van der Waals surface area contributed by atoms with Crippen LogP contribution >= 0.6 is 15.9 Å². The van der Waals surface area contributed by atoms with Gasteiger partial charge in [0.15, 0.2) is 0 Å². The second-order valence-electron chi connectivity index (χ2n) is 6.33. The van der Waals surface area contributed by atoms with Crippen molar-refractivity contribution in [3.8, 4) is 0 Å². The Kier molecular flexibility index (Phi) is 5.52. The summed E-state index contributed by atoms with van der Waals surface area (Å²) >= 11 is 3.46. The first-order valence-corrected chi connectivity index (χ1v) is 9.09. The van der Waals surface area contributed by atoms with Crippen molar-refractivity contribution >= 4 is 21.5 Å². The number of pyridine rings is 1. The van der Waals surface area contributed by atoms with Gasteiger partial charge >= 0.3 is 0 Å². The number of nitrogens with zero attached hydrogens (tertiary/aromatic N) is 1. The van der Waals surface area contributed by atoms with Crippen LogP contribution < -0.4 is 5.56 Å².